The Balaban J connectivity index is 1.93. The van der Waals surface area contributed by atoms with Crippen molar-refractivity contribution in [1.82, 2.24) is 5.32 Å². The van der Waals surface area contributed by atoms with Crippen LogP contribution < -0.4 is 5.32 Å². The molecule has 106 valence electrons. The summed E-state index contributed by atoms with van der Waals surface area (Å²) >= 11 is 1.91. The minimum absolute atomic E-state index is 0.965. The Morgan fingerprint density at radius 1 is 1.05 bits per heavy atom. The van der Waals surface area contributed by atoms with Crippen LogP contribution in [0.5, 0.6) is 0 Å². The number of benzene rings is 2. The third-order valence-corrected chi connectivity index (χ3v) is 4.35. The number of aryl methyl sites for hydroxylation is 1. The first-order valence-corrected chi connectivity index (χ1v) is 8.25. The second-order valence-corrected chi connectivity index (χ2v) is 6.09. The van der Waals surface area contributed by atoms with Gasteiger partial charge in [-0.25, -0.2) is 0 Å². The largest absolute Gasteiger partial charge is 0.313 e. The summed E-state index contributed by atoms with van der Waals surface area (Å²) in [5, 5.41) is 3.45. The van der Waals surface area contributed by atoms with Crippen LogP contribution in [-0.4, -0.2) is 6.54 Å². The molecular weight excluding hydrogens is 262 g/mol. The molecule has 0 atom stereocenters. The van der Waals surface area contributed by atoms with Gasteiger partial charge in [0.15, 0.2) is 0 Å². The predicted molar refractivity (Wildman–Crippen MR) is 89.2 cm³/mol. The summed E-state index contributed by atoms with van der Waals surface area (Å²) in [6.07, 6.45) is 1.18. The van der Waals surface area contributed by atoms with E-state index in [4.69, 9.17) is 0 Å². The first kappa shape index (κ1) is 15.1. The van der Waals surface area contributed by atoms with Gasteiger partial charge in [0.25, 0.3) is 0 Å². The van der Waals surface area contributed by atoms with Crippen molar-refractivity contribution >= 4 is 11.8 Å². The number of rotatable bonds is 7. The molecule has 0 saturated carbocycles. The molecule has 2 rings (SSSR count). The fraction of sp³-hybridized carbons (Fsp3) is 0.333. The van der Waals surface area contributed by atoms with E-state index in [1.807, 2.05) is 11.8 Å². The highest BCUT2D eigenvalue weighted by atomic mass is 32.2. The third kappa shape index (κ3) is 4.69. The van der Waals surface area contributed by atoms with E-state index in [1.54, 1.807) is 0 Å². The molecule has 0 saturated heterocycles. The van der Waals surface area contributed by atoms with Crippen molar-refractivity contribution in [2.45, 2.75) is 37.5 Å². The molecule has 1 N–H and O–H groups in total. The first-order valence-electron chi connectivity index (χ1n) is 7.26. The summed E-state index contributed by atoms with van der Waals surface area (Å²) in [7, 11) is 0. The third-order valence-electron chi connectivity index (χ3n) is 3.31. The van der Waals surface area contributed by atoms with Crippen molar-refractivity contribution in [3.8, 4) is 0 Å². The smallest absolute Gasteiger partial charge is 0.0234 e. The molecule has 0 aliphatic rings. The minimum atomic E-state index is 0.965. The van der Waals surface area contributed by atoms with Gasteiger partial charge >= 0.3 is 0 Å². The number of hydrogen-bond donors (Lipinski definition) is 1. The number of thioether (sulfide) groups is 1. The van der Waals surface area contributed by atoms with Crippen molar-refractivity contribution in [1.29, 1.82) is 0 Å². The van der Waals surface area contributed by atoms with Crippen LogP contribution in [-0.2, 0) is 12.3 Å². The lowest BCUT2D eigenvalue weighted by molar-refractivity contribution is 0.674. The van der Waals surface area contributed by atoms with Gasteiger partial charge in [-0.2, -0.15) is 0 Å². The fourth-order valence-corrected chi connectivity index (χ4v) is 3.14. The molecule has 0 heterocycles. The maximum atomic E-state index is 3.45. The zero-order chi connectivity index (χ0) is 14.2. The molecule has 0 fully saturated rings. The molecule has 0 aliphatic heterocycles. The van der Waals surface area contributed by atoms with Crippen molar-refractivity contribution in [3.05, 3.63) is 65.2 Å². The molecular formula is C18H23NS. The molecule has 0 amide bonds. The van der Waals surface area contributed by atoms with Crippen LogP contribution in [0, 0.1) is 6.92 Å². The van der Waals surface area contributed by atoms with Crippen molar-refractivity contribution < 1.29 is 0 Å². The van der Waals surface area contributed by atoms with Crippen LogP contribution in [0.25, 0.3) is 0 Å². The van der Waals surface area contributed by atoms with Crippen molar-refractivity contribution in [3.63, 3.8) is 0 Å². The number of nitrogens with one attached hydrogen (secondary N) is 1. The molecule has 0 radical (unpaired) electrons. The average Bonchev–Trinajstić information content (AvgIpc) is 2.47. The van der Waals surface area contributed by atoms with Gasteiger partial charge in [0.2, 0.25) is 0 Å². The van der Waals surface area contributed by atoms with Gasteiger partial charge in [0.1, 0.15) is 0 Å². The highest BCUT2D eigenvalue weighted by Gasteiger charge is 2.00. The van der Waals surface area contributed by atoms with E-state index in [9.17, 15) is 0 Å². The van der Waals surface area contributed by atoms with E-state index in [2.05, 4.69) is 67.7 Å². The van der Waals surface area contributed by atoms with Gasteiger partial charge < -0.3 is 5.32 Å². The normalized spacial score (nSPS) is 10.7. The minimum Gasteiger partial charge on any atom is -0.313 e. The summed E-state index contributed by atoms with van der Waals surface area (Å²) in [6.45, 7) is 6.43. The molecule has 20 heavy (non-hydrogen) atoms. The van der Waals surface area contributed by atoms with E-state index in [0.717, 1.165) is 18.8 Å². The quantitative estimate of drug-likeness (QED) is 0.580. The average molecular weight is 285 g/mol. The summed E-state index contributed by atoms with van der Waals surface area (Å²) in [6, 6.07) is 17.5. The van der Waals surface area contributed by atoms with Crippen LogP contribution in [0.15, 0.2) is 53.4 Å². The first-order chi connectivity index (χ1) is 9.79. The Bertz CT molecular complexity index is 536. The van der Waals surface area contributed by atoms with Gasteiger partial charge in [-0.15, -0.1) is 11.8 Å². The second-order valence-electron chi connectivity index (χ2n) is 5.04. The molecule has 2 aromatic carbocycles. The molecule has 0 unspecified atom stereocenters. The molecule has 0 aliphatic carbocycles. The Kier molecular flexibility index (Phi) is 6.16. The topological polar surface area (TPSA) is 12.0 Å². The lowest BCUT2D eigenvalue weighted by Crippen LogP contribution is -2.13. The predicted octanol–water partition coefficient (Wildman–Crippen LogP) is 4.79. The van der Waals surface area contributed by atoms with Gasteiger partial charge in [-0.3, -0.25) is 0 Å². The lowest BCUT2D eigenvalue weighted by atomic mass is 10.1. The van der Waals surface area contributed by atoms with Gasteiger partial charge in [-0.05, 0) is 48.7 Å². The summed E-state index contributed by atoms with van der Waals surface area (Å²) in [5.74, 6) is 1.04. The lowest BCUT2D eigenvalue weighted by Gasteiger charge is -2.08. The maximum Gasteiger partial charge on any atom is 0.0234 e. The molecule has 2 heteroatoms. The zero-order valence-electron chi connectivity index (χ0n) is 12.4. The molecule has 0 aromatic heterocycles. The summed E-state index contributed by atoms with van der Waals surface area (Å²) in [4.78, 5) is 1.35. The van der Waals surface area contributed by atoms with Crippen LogP contribution in [0.4, 0.5) is 0 Å². The Labute approximate surface area is 126 Å². The molecule has 0 bridgehead atoms. The van der Waals surface area contributed by atoms with Crippen molar-refractivity contribution in [2.75, 3.05) is 6.54 Å². The van der Waals surface area contributed by atoms with Gasteiger partial charge in [0, 0.05) is 17.2 Å². The monoisotopic (exact) mass is 285 g/mol. The maximum absolute atomic E-state index is 3.45. The summed E-state index contributed by atoms with van der Waals surface area (Å²) in [5.41, 5.74) is 4.17. The molecule has 2 aromatic rings. The SMILES string of the molecule is CCCNCc1cccc(SCc2ccccc2C)c1. The van der Waals surface area contributed by atoms with Crippen LogP contribution in [0.3, 0.4) is 0 Å². The highest BCUT2D eigenvalue weighted by molar-refractivity contribution is 7.98. The molecule has 0 spiro atoms. The Hall–Kier alpha value is -1.25. The second kappa shape index (κ2) is 8.13. The van der Waals surface area contributed by atoms with E-state index in [1.165, 1.54) is 28.0 Å². The fourth-order valence-electron chi connectivity index (χ4n) is 2.09. The Morgan fingerprint density at radius 2 is 1.90 bits per heavy atom. The van der Waals surface area contributed by atoms with E-state index in [0.29, 0.717) is 0 Å². The summed E-state index contributed by atoms with van der Waals surface area (Å²) < 4.78 is 0. The van der Waals surface area contributed by atoms with E-state index >= 15 is 0 Å². The van der Waals surface area contributed by atoms with Gasteiger partial charge in [-0.1, -0.05) is 43.3 Å². The van der Waals surface area contributed by atoms with E-state index < -0.39 is 0 Å². The van der Waals surface area contributed by atoms with Gasteiger partial charge in [0.05, 0.1) is 0 Å². The molecule has 1 nitrogen and oxygen atoms in total. The zero-order valence-corrected chi connectivity index (χ0v) is 13.2. The Morgan fingerprint density at radius 3 is 2.70 bits per heavy atom. The standard InChI is InChI=1S/C18H23NS/c1-3-11-19-13-16-8-6-10-18(12-16)20-14-17-9-5-4-7-15(17)2/h4-10,12,19H,3,11,13-14H2,1-2H3. The van der Waals surface area contributed by atoms with Crippen LogP contribution in [0.1, 0.15) is 30.0 Å². The highest BCUT2D eigenvalue weighted by Crippen LogP contribution is 2.24. The van der Waals surface area contributed by atoms with Crippen LogP contribution >= 0.6 is 11.8 Å². The van der Waals surface area contributed by atoms with E-state index in [-0.39, 0.29) is 0 Å². The number of hydrogen-bond acceptors (Lipinski definition) is 2. The van der Waals surface area contributed by atoms with Crippen LogP contribution in [0.2, 0.25) is 0 Å². The van der Waals surface area contributed by atoms with Crippen molar-refractivity contribution in [2.24, 2.45) is 0 Å².